The summed E-state index contributed by atoms with van der Waals surface area (Å²) in [5.41, 5.74) is 0.986. The first-order valence-electron chi connectivity index (χ1n) is 7.35. The van der Waals surface area contributed by atoms with Crippen LogP contribution in [0.5, 0.6) is 5.75 Å². The number of rotatable bonds is 4. The van der Waals surface area contributed by atoms with Gasteiger partial charge in [-0.2, -0.15) is 0 Å². The summed E-state index contributed by atoms with van der Waals surface area (Å²) in [5, 5.41) is 3.56. The molecule has 19 heavy (non-hydrogen) atoms. The summed E-state index contributed by atoms with van der Waals surface area (Å²) in [7, 11) is 1.49. The summed E-state index contributed by atoms with van der Waals surface area (Å²) in [4.78, 5) is 0. The average Bonchev–Trinajstić information content (AvgIpc) is 2.37. The van der Waals surface area contributed by atoms with Crippen molar-refractivity contribution in [2.24, 2.45) is 0 Å². The van der Waals surface area contributed by atoms with Crippen molar-refractivity contribution in [1.29, 1.82) is 0 Å². The maximum atomic E-state index is 13.6. The summed E-state index contributed by atoms with van der Waals surface area (Å²) in [6, 6.07) is 5.78. The van der Waals surface area contributed by atoms with Crippen molar-refractivity contribution in [3.63, 3.8) is 0 Å². The highest BCUT2D eigenvalue weighted by Gasteiger charge is 2.11. The van der Waals surface area contributed by atoms with Crippen molar-refractivity contribution in [3.8, 4) is 5.75 Å². The molecule has 0 saturated heterocycles. The van der Waals surface area contributed by atoms with Crippen LogP contribution < -0.4 is 10.1 Å². The van der Waals surface area contributed by atoms with Gasteiger partial charge < -0.3 is 10.1 Å². The molecule has 0 unspecified atom stereocenters. The first-order valence-corrected chi connectivity index (χ1v) is 7.35. The number of ether oxygens (including phenoxy) is 1. The maximum absolute atomic E-state index is 13.6. The third kappa shape index (κ3) is 4.50. The lowest BCUT2D eigenvalue weighted by Gasteiger charge is -2.21. The van der Waals surface area contributed by atoms with E-state index in [0.29, 0.717) is 11.8 Å². The second-order valence-electron chi connectivity index (χ2n) is 5.39. The maximum Gasteiger partial charge on any atom is 0.165 e. The molecule has 0 atom stereocenters. The summed E-state index contributed by atoms with van der Waals surface area (Å²) in [6.45, 7) is 0.742. The number of halogens is 1. The highest BCUT2D eigenvalue weighted by Crippen LogP contribution is 2.19. The molecule has 0 bridgehead atoms. The molecule has 1 N–H and O–H groups in total. The van der Waals surface area contributed by atoms with E-state index in [-0.39, 0.29) is 5.82 Å². The van der Waals surface area contributed by atoms with E-state index in [1.54, 1.807) is 12.1 Å². The molecule has 1 saturated carbocycles. The van der Waals surface area contributed by atoms with Gasteiger partial charge in [-0.15, -0.1) is 0 Å². The Hall–Kier alpha value is -1.09. The summed E-state index contributed by atoms with van der Waals surface area (Å²) in [6.07, 6.45) is 9.22. The summed E-state index contributed by atoms with van der Waals surface area (Å²) >= 11 is 0. The van der Waals surface area contributed by atoms with Gasteiger partial charge in [-0.3, -0.25) is 0 Å². The van der Waals surface area contributed by atoms with Gasteiger partial charge in [0.2, 0.25) is 0 Å². The Balaban J connectivity index is 1.85. The van der Waals surface area contributed by atoms with Gasteiger partial charge in [0.15, 0.2) is 11.6 Å². The van der Waals surface area contributed by atoms with E-state index in [4.69, 9.17) is 4.74 Å². The molecule has 1 fully saturated rings. The Morgan fingerprint density at radius 3 is 2.47 bits per heavy atom. The van der Waals surface area contributed by atoms with Crippen LogP contribution in [0.1, 0.15) is 50.5 Å². The smallest absolute Gasteiger partial charge is 0.165 e. The first-order chi connectivity index (χ1) is 9.29. The Labute approximate surface area is 115 Å². The molecule has 0 spiro atoms. The van der Waals surface area contributed by atoms with Crippen LogP contribution in [0.25, 0.3) is 0 Å². The number of hydrogen-bond donors (Lipinski definition) is 1. The topological polar surface area (TPSA) is 21.3 Å². The van der Waals surface area contributed by atoms with Crippen LogP contribution in [-0.4, -0.2) is 13.2 Å². The molecule has 1 aliphatic rings. The molecule has 2 nitrogen and oxygen atoms in total. The van der Waals surface area contributed by atoms with Crippen molar-refractivity contribution in [1.82, 2.24) is 5.32 Å². The fourth-order valence-corrected chi connectivity index (χ4v) is 2.74. The average molecular weight is 265 g/mol. The predicted octanol–water partition coefficient (Wildman–Crippen LogP) is 4.04. The van der Waals surface area contributed by atoms with Gasteiger partial charge in [-0.05, 0) is 30.5 Å². The molecule has 0 aromatic heterocycles. The van der Waals surface area contributed by atoms with Gasteiger partial charge in [-0.1, -0.05) is 38.2 Å². The Morgan fingerprint density at radius 2 is 1.84 bits per heavy atom. The monoisotopic (exact) mass is 265 g/mol. The van der Waals surface area contributed by atoms with Gasteiger partial charge in [-0.25, -0.2) is 4.39 Å². The number of methoxy groups -OCH3 is 1. The fraction of sp³-hybridized carbons (Fsp3) is 0.625. The van der Waals surface area contributed by atoms with Gasteiger partial charge in [0.25, 0.3) is 0 Å². The van der Waals surface area contributed by atoms with E-state index in [1.807, 2.05) is 6.07 Å². The summed E-state index contributed by atoms with van der Waals surface area (Å²) in [5.74, 6) is 0.0363. The molecular formula is C16H24FNO. The standard InChI is InChI=1S/C16H24FNO/c1-19-16-10-9-13(11-15(16)17)12-18-14-7-5-3-2-4-6-8-14/h9-11,14,18H,2-8,12H2,1H3. The van der Waals surface area contributed by atoms with Crippen molar-refractivity contribution < 1.29 is 9.13 Å². The molecule has 106 valence electrons. The second-order valence-corrected chi connectivity index (χ2v) is 5.39. The van der Waals surface area contributed by atoms with Crippen LogP contribution in [0.2, 0.25) is 0 Å². The fourth-order valence-electron chi connectivity index (χ4n) is 2.74. The lowest BCUT2D eigenvalue weighted by molar-refractivity contribution is 0.382. The quantitative estimate of drug-likeness (QED) is 0.887. The molecule has 0 amide bonds. The molecule has 0 aliphatic heterocycles. The highest BCUT2D eigenvalue weighted by molar-refractivity contribution is 5.29. The first kappa shape index (κ1) is 14.3. The highest BCUT2D eigenvalue weighted by atomic mass is 19.1. The zero-order valence-corrected chi connectivity index (χ0v) is 11.8. The van der Waals surface area contributed by atoms with E-state index in [1.165, 1.54) is 52.1 Å². The van der Waals surface area contributed by atoms with E-state index >= 15 is 0 Å². The van der Waals surface area contributed by atoms with Crippen LogP contribution in [0.3, 0.4) is 0 Å². The van der Waals surface area contributed by atoms with E-state index in [9.17, 15) is 4.39 Å². The van der Waals surface area contributed by atoms with Crippen LogP contribution >= 0.6 is 0 Å². The molecule has 2 rings (SSSR count). The zero-order chi connectivity index (χ0) is 13.5. The largest absolute Gasteiger partial charge is 0.494 e. The molecular weight excluding hydrogens is 241 g/mol. The molecule has 1 aliphatic carbocycles. The van der Waals surface area contributed by atoms with E-state index in [2.05, 4.69) is 5.32 Å². The minimum absolute atomic E-state index is 0.278. The van der Waals surface area contributed by atoms with Crippen molar-refractivity contribution in [2.75, 3.05) is 7.11 Å². The minimum Gasteiger partial charge on any atom is -0.494 e. The second kappa shape index (κ2) is 7.49. The molecule has 0 radical (unpaired) electrons. The third-order valence-electron chi connectivity index (χ3n) is 3.92. The molecule has 1 aromatic carbocycles. The van der Waals surface area contributed by atoms with E-state index in [0.717, 1.165) is 12.1 Å². The lowest BCUT2D eigenvalue weighted by atomic mass is 9.96. The lowest BCUT2D eigenvalue weighted by Crippen LogP contribution is -2.29. The third-order valence-corrected chi connectivity index (χ3v) is 3.92. The number of benzene rings is 1. The minimum atomic E-state index is -0.278. The van der Waals surface area contributed by atoms with Crippen LogP contribution in [0.15, 0.2) is 18.2 Å². The van der Waals surface area contributed by atoms with Crippen molar-refractivity contribution in [2.45, 2.75) is 57.5 Å². The van der Waals surface area contributed by atoms with Gasteiger partial charge >= 0.3 is 0 Å². The van der Waals surface area contributed by atoms with Crippen molar-refractivity contribution >= 4 is 0 Å². The number of nitrogens with one attached hydrogen (secondary N) is 1. The van der Waals surface area contributed by atoms with Crippen LogP contribution in [0, 0.1) is 5.82 Å². The normalized spacial score (nSPS) is 17.8. The van der Waals surface area contributed by atoms with Crippen molar-refractivity contribution in [3.05, 3.63) is 29.6 Å². The summed E-state index contributed by atoms with van der Waals surface area (Å²) < 4.78 is 18.5. The number of hydrogen-bond acceptors (Lipinski definition) is 2. The predicted molar refractivity (Wildman–Crippen MR) is 75.9 cm³/mol. The Bertz CT molecular complexity index is 386. The SMILES string of the molecule is COc1ccc(CNC2CCCCCCC2)cc1F. The van der Waals surface area contributed by atoms with Gasteiger partial charge in [0.1, 0.15) is 0 Å². The molecule has 3 heteroatoms. The Morgan fingerprint density at radius 1 is 1.16 bits per heavy atom. The Kier molecular flexibility index (Phi) is 5.64. The zero-order valence-electron chi connectivity index (χ0n) is 11.8. The van der Waals surface area contributed by atoms with Gasteiger partial charge in [0, 0.05) is 12.6 Å². The van der Waals surface area contributed by atoms with Crippen LogP contribution in [-0.2, 0) is 6.54 Å². The molecule has 0 heterocycles. The van der Waals surface area contributed by atoms with Crippen LogP contribution in [0.4, 0.5) is 4.39 Å². The molecule has 1 aromatic rings. The van der Waals surface area contributed by atoms with E-state index < -0.39 is 0 Å². The van der Waals surface area contributed by atoms with Gasteiger partial charge in [0.05, 0.1) is 7.11 Å².